The van der Waals surface area contributed by atoms with Crippen LogP contribution < -0.4 is 11.3 Å². The number of imidazole rings is 1. The van der Waals surface area contributed by atoms with Gasteiger partial charge in [-0.15, -0.1) is 12.4 Å². The van der Waals surface area contributed by atoms with Crippen LogP contribution in [0.4, 0.5) is 0 Å². The van der Waals surface area contributed by atoms with Crippen molar-refractivity contribution in [1.29, 1.82) is 5.41 Å². The van der Waals surface area contributed by atoms with E-state index < -0.39 is 31.1 Å². The van der Waals surface area contributed by atoms with Crippen molar-refractivity contribution in [2.24, 2.45) is 0 Å². The van der Waals surface area contributed by atoms with Crippen molar-refractivity contribution < 1.29 is 20.1 Å². The Hall–Kier alpha value is -1.72. The molecular formula is C10H15ClN6O4. The van der Waals surface area contributed by atoms with E-state index in [2.05, 4.69) is 9.97 Å². The third-order valence-electron chi connectivity index (χ3n) is 3.35. The summed E-state index contributed by atoms with van der Waals surface area (Å²) in [5.41, 5.74) is 0.500. The molecule has 2 aromatic rings. The van der Waals surface area contributed by atoms with Gasteiger partial charge < -0.3 is 25.9 Å². The molecule has 11 heteroatoms. The third-order valence-corrected chi connectivity index (χ3v) is 3.35. The molecule has 4 atom stereocenters. The molecule has 3 heterocycles. The lowest BCUT2D eigenvalue weighted by Gasteiger charge is -2.16. The SMILES string of the molecule is Cl.N=c1c2ncn(C3OC(CO)C(O)C3O)c2ncn1N. The Labute approximate surface area is 124 Å². The number of aromatic nitrogens is 4. The van der Waals surface area contributed by atoms with E-state index in [1.54, 1.807) is 0 Å². The first-order chi connectivity index (χ1) is 9.54. The first kappa shape index (κ1) is 15.7. The highest BCUT2D eigenvalue weighted by molar-refractivity contribution is 5.85. The molecule has 0 amide bonds. The highest BCUT2D eigenvalue weighted by Crippen LogP contribution is 2.30. The number of hydrogen-bond acceptors (Lipinski definition) is 8. The van der Waals surface area contributed by atoms with Gasteiger partial charge in [-0.05, 0) is 0 Å². The molecular weight excluding hydrogens is 304 g/mol. The van der Waals surface area contributed by atoms with Gasteiger partial charge in [0.15, 0.2) is 22.9 Å². The number of nitrogens with one attached hydrogen (secondary N) is 1. The fourth-order valence-corrected chi connectivity index (χ4v) is 2.24. The summed E-state index contributed by atoms with van der Waals surface area (Å²) in [5.74, 6) is 5.51. The van der Waals surface area contributed by atoms with Crippen molar-refractivity contribution in [3.05, 3.63) is 18.1 Å². The lowest BCUT2D eigenvalue weighted by Crippen LogP contribution is -2.33. The summed E-state index contributed by atoms with van der Waals surface area (Å²) in [6.07, 6.45) is -1.68. The molecule has 21 heavy (non-hydrogen) atoms. The van der Waals surface area contributed by atoms with Gasteiger partial charge >= 0.3 is 0 Å². The van der Waals surface area contributed by atoms with Gasteiger partial charge in [0.25, 0.3) is 0 Å². The quantitative estimate of drug-likeness (QED) is 0.382. The predicted octanol–water partition coefficient (Wildman–Crippen LogP) is -2.54. The number of hydrogen-bond donors (Lipinski definition) is 5. The summed E-state index contributed by atoms with van der Waals surface area (Å²) in [6, 6.07) is 0. The lowest BCUT2D eigenvalue weighted by molar-refractivity contribution is -0.0511. The normalized spacial score (nSPS) is 28.7. The number of halogens is 1. The van der Waals surface area contributed by atoms with Crippen molar-refractivity contribution in [2.75, 3.05) is 12.4 Å². The number of aliphatic hydroxyl groups is 3. The van der Waals surface area contributed by atoms with Gasteiger partial charge in [0, 0.05) is 0 Å². The Morgan fingerprint density at radius 2 is 2.00 bits per heavy atom. The Morgan fingerprint density at radius 3 is 2.62 bits per heavy atom. The minimum absolute atomic E-state index is 0. The summed E-state index contributed by atoms with van der Waals surface area (Å²) in [6.45, 7) is -0.415. The number of aliphatic hydroxyl groups excluding tert-OH is 3. The molecule has 1 saturated heterocycles. The number of rotatable bonds is 2. The maximum atomic E-state index is 9.97. The average molecular weight is 319 g/mol. The first-order valence-electron chi connectivity index (χ1n) is 5.91. The molecule has 3 rings (SSSR count). The van der Waals surface area contributed by atoms with Crippen molar-refractivity contribution in [1.82, 2.24) is 19.2 Å². The van der Waals surface area contributed by atoms with Gasteiger partial charge in [-0.3, -0.25) is 9.98 Å². The second-order valence-electron chi connectivity index (χ2n) is 4.55. The molecule has 0 radical (unpaired) electrons. The molecule has 0 aromatic carbocycles. The fraction of sp³-hybridized carbons (Fsp3) is 0.500. The minimum atomic E-state index is -1.23. The van der Waals surface area contributed by atoms with Crippen molar-refractivity contribution in [2.45, 2.75) is 24.5 Å². The highest BCUT2D eigenvalue weighted by Gasteiger charge is 2.43. The predicted molar refractivity (Wildman–Crippen MR) is 71.8 cm³/mol. The molecule has 10 nitrogen and oxygen atoms in total. The van der Waals surface area contributed by atoms with E-state index in [9.17, 15) is 10.2 Å². The summed E-state index contributed by atoms with van der Waals surface area (Å²) in [5, 5.41) is 36.6. The van der Waals surface area contributed by atoms with E-state index in [0.717, 1.165) is 4.68 Å². The Bertz CT molecular complexity index is 702. The van der Waals surface area contributed by atoms with E-state index in [4.69, 9.17) is 21.1 Å². The maximum absolute atomic E-state index is 9.97. The van der Waals surface area contributed by atoms with Crippen molar-refractivity contribution in [3.63, 3.8) is 0 Å². The molecule has 0 spiro atoms. The number of fused-ring (bicyclic) bond motifs is 1. The van der Waals surface area contributed by atoms with E-state index in [0.29, 0.717) is 5.65 Å². The largest absolute Gasteiger partial charge is 0.394 e. The summed E-state index contributed by atoms with van der Waals surface area (Å²) in [7, 11) is 0. The molecule has 0 saturated carbocycles. The van der Waals surface area contributed by atoms with E-state index >= 15 is 0 Å². The molecule has 0 bridgehead atoms. The van der Waals surface area contributed by atoms with Gasteiger partial charge in [0.2, 0.25) is 0 Å². The molecule has 1 aliphatic heterocycles. The van der Waals surface area contributed by atoms with E-state index in [1.807, 2.05) is 0 Å². The molecule has 1 fully saturated rings. The number of nitrogens with zero attached hydrogens (tertiary/aromatic N) is 4. The van der Waals surface area contributed by atoms with Crippen LogP contribution in [0.15, 0.2) is 12.7 Å². The molecule has 2 aromatic heterocycles. The summed E-state index contributed by atoms with van der Waals surface area (Å²) >= 11 is 0. The smallest absolute Gasteiger partial charge is 0.175 e. The maximum Gasteiger partial charge on any atom is 0.175 e. The average Bonchev–Trinajstić information content (AvgIpc) is 2.98. The van der Waals surface area contributed by atoms with Gasteiger partial charge in [-0.2, -0.15) is 0 Å². The third kappa shape index (κ3) is 2.26. The Morgan fingerprint density at radius 1 is 1.29 bits per heavy atom. The molecule has 1 aliphatic rings. The number of ether oxygens (including phenoxy) is 1. The van der Waals surface area contributed by atoms with Gasteiger partial charge in [-0.25, -0.2) is 14.6 Å². The zero-order valence-electron chi connectivity index (χ0n) is 10.7. The van der Waals surface area contributed by atoms with Crippen molar-refractivity contribution >= 4 is 23.6 Å². The highest BCUT2D eigenvalue weighted by atomic mass is 35.5. The van der Waals surface area contributed by atoms with Crippen LogP contribution in [0.25, 0.3) is 11.2 Å². The summed E-state index contributed by atoms with van der Waals surface area (Å²) < 4.78 is 7.80. The standard InChI is InChI=1S/C10H14N6O4.ClH/c11-8-5-9(14-3-16(8)12)15(2-13-5)10-7(19)6(18)4(1-17)20-10;/h2-4,6-7,10-11,17-19H,1,12H2;1H. The lowest BCUT2D eigenvalue weighted by atomic mass is 10.1. The molecule has 0 aliphatic carbocycles. The van der Waals surface area contributed by atoms with Crippen LogP contribution in [0.3, 0.4) is 0 Å². The number of nitrogens with two attached hydrogens (primary N) is 1. The first-order valence-corrected chi connectivity index (χ1v) is 5.91. The molecule has 6 N–H and O–H groups in total. The monoisotopic (exact) mass is 318 g/mol. The second kappa shape index (κ2) is 5.58. The van der Waals surface area contributed by atoms with Crippen LogP contribution >= 0.6 is 12.4 Å². The number of nitrogen functional groups attached to an aromatic ring is 1. The van der Waals surface area contributed by atoms with Crippen LogP contribution in [-0.2, 0) is 4.74 Å². The van der Waals surface area contributed by atoms with Crippen molar-refractivity contribution in [3.8, 4) is 0 Å². The van der Waals surface area contributed by atoms with Gasteiger partial charge in [-0.1, -0.05) is 0 Å². The summed E-state index contributed by atoms with van der Waals surface area (Å²) in [4.78, 5) is 8.05. The fourth-order valence-electron chi connectivity index (χ4n) is 2.24. The molecule has 116 valence electrons. The second-order valence-corrected chi connectivity index (χ2v) is 4.55. The van der Waals surface area contributed by atoms with Gasteiger partial charge in [0.05, 0.1) is 12.9 Å². The van der Waals surface area contributed by atoms with Crippen LogP contribution in [-0.4, -0.2) is 59.4 Å². The van der Waals surface area contributed by atoms with E-state index in [-0.39, 0.29) is 23.4 Å². The van der Waals surface area contributed by atoms with Crippen LogP contribution in [0.2, 0.25) is 0 Å². The zero-order valence-corrected chi connectivity index (χ0v) is 11.5. The van der Waals surface area contributed by atoms with Crippen LogP contribution in [0, 0.1) is 5.41 Å². The zero-order chi connectivity index (χ0) is 14.4. The topological polar surface area (TPSA) is 155 Å². The van der Waals surface area contributed by atoms with Crippen LogP contribution in [0.1, 0.15) is 6.23 Å². The van der Waals surface area contributed by atoms with Crippen LogP contribution in [0.5, 0.6) is 0 Å². The van der Waals surface area contributed by atoms with Gasteiger partial charge in [0.1, 0.15) is 24.6 Å². The Balaban J connectivity index is 0.00000161. The minimum Gasteiger partial charge on any atom is -0.394 e. The Kier molecular flexibility index (Phi) is 4.16. The van der Waals surface area contributed by atoms with E-state index in [1.165, 1.54) is 17.2 Å². The molecule has 4 unspecified atom stereocenters.